The Balaban J connectivity index is 2.14. The van der Waals surface area contributed by atoms with Crippen LogP contribution in [0.15, 0.2) is 24.3 Å². The number of carbonyl (C=O) groups is 2. The normalized spacial score (nSPS) is 11.7. The molecule has 3 N–H and O–H groups in total. The third-order valence-corrected chi connectivity index (χ3v) is 3.29. The maximum Gasteiger partial charge on any atom is 0.288 e. The number of hydrogen-bond donors (Lipinski definition) is 3. The second-order valence-electron chi connectivity index (χ2n) is 5.22. The molecular formula is C16H16N4O2. The predicted molar refractivity (Wildman–Crippen MR) is 82.6 cm³/mol. The van der Waals surface area contributed by atoms with Crippen molar-refractivity contribution >= 4 is 28.3 Å². The summed E-state index contributed by atoms with van der Waals surface area (Å²) in [5.41, 5.74) is 2.31. The van der Waals surface area contributed by atoms with Crippen LogP contribution in [0.5, 0.6) is 0 Å². The number of hydrogen-bond acceptors (Lipinski definition) is 4. The molecule has 0 aliphatic rings. The lowest BCUT2D eigenvalue weighted by atomic mass is 10.1. The number of H-pyrrole nitrogens is 1. The number of rotatable bonds is 5. The van der Waals surface area contributed by atoms with E-state index in [2.05, 4.69) is 10.3 Å². The molecule has 0 aliphatic carbocycles. The first-order valence-corrected chi connectivity index (χ1v) is 6.81. The molecule has 0 radical (unpaired) electrons. The second-order valence-corrected chi connectivity index (χ2v) is 5.22. The Kier molecular flexibility index (Phi) is 4.37. The standard InChI is InChI=1S/C16H16N4O2/c1-9(18)5-15(21)16(22)19-10(2)11-3-4-14-12(6-11)7-13(8-17)20-14/h3-4,6-7,10,18,20H,5H2,1-2H3,(H,19,22). The topological polar surface area (TPSA) is 110 Å². The van der Waals surface area contributed by atoms with Crippen LogP contribution in [-0.2, 0) is 9.59 Å². The first kappa shape index (κ1) is 15.4. The summed E-state index contributed by atoms with van der Waals surface area (Å²) in [6.45, 7) is 3.27. The lowest BCUT2D eigenvalue weighted by molar-refractivity contribution is -0.137. The Morgan fingerprint density at radius 1 is 1.41 bits per heavy atom. The molecule has 22 heavy (non-hydrogen) atoms. The molecule has 112 valence electrons. The van der Waals surface area contributed by atoms with Crippen LogP contribution in [0.1, 0.15) is 37.6 Å². The number of aromatic amines is 1. The van der Waals surface area contributed by atoms with Gasteiger partial charge in [0.25, 0.3) is 5.91 Å². The minimum atomic E-state index is -0.689. The molecule has 1 aromatic heterocycles. The molecule has 1 amide bonds. The molecule has 0 fully saturated rings. The number of nitrogens with one attached hydrogen (secondary N) is 3. The van der Waals surface area contributed by atoms with Gasteiger partial charge in [-0.05, 0) is 37.6 Å². The fourth-order valence-corrected chi connectivity index (χ4v) is 2.16. The Hall–Kier alpha value is -2.94. The first-order valence-electron chi connectivity index (χ1n) is 6.81. The van der Waals surface area contributed by atoms with Gasteiger partial charge in [-0.1, -0.05) is 6.07 Å². The summed E-state index contributed by atoms with van der Waals surface area (Å²) in [5, 5.41) is 19.6. The van der Waals surface area contributed by atoms with Gasteiger partial charge in [0.2, 0.25) is 5.78 Å². The number of amides is 1. The molecule has 2 aromatic rings. The minimum Gasteiger partial charge on any atom is -0.346 e. The van der Waals surface area contributed by atoms with Crippen molar-refractivity contribution in [3.63, 3.8) is 0 Å². The number of carbonyl (C=O) groups excluding carboxylic acids is 2. The van der Waals surface area contributed by atoms with Crippen molar-refractivity contribution in [3.8, 4) is 6.07 Å². The van der Waals surface area contributed by atoms with Gasteiger partial charge in [-0.15, -0.1) is 0 Å². The minimum absolute atomic E-state index is 0.158. The fraction of sp³-hybridized carbons (Fsp3) is 0.250. The lowest BCUT2D eigenvalue weighted by Gasteiger charge is -2.14. The highest BCUT2D eigenvalue weighted by molar-refractivity contribution is 6.39. The lowest BCUT2D eigenvalue weighted by Crippen LogP contribution is -2.33. The van der Waals surface area contributed by atoms with Crippen molar-refractivity contribution in [2.75, 3.05) is 0 Å². The zero-order valence-corrected chi connectivity index (χ0v) is 12.4. The summed E-state index contributed by atoms with van der Waals surface area (Å²) in [4.78, 5) is 26.3. The Morgan fingerprint density at radius 2 is 2.14 bits per heavy atom. The van der Waals surface area contributed by atoms with Crippen LogP contribution in [0.3, 0.4) is 0 Å². The third-order valence-electron chi connectivity index (χ3n) is 3.29. The molecule has 1 aromatic carbocycles. The van der Waals surface area contributed by atoms with Gasteiger partial charge in [-0.25, -0.2) is 0 Å². The highest BCUT2D eigenvalue weighted by Crippen LogP contribution is 2.21. The maximum atomic E-state index is 11.8. The van der Waals surface area contributed by atoms with E-state index in [-0.39, 0.29) is 18.2 Å². The maximum absolute atomic E-state index is 11.8. The van der Waals surface area contributed by atoms with Crippen LogP contribution in [0.25, 0.3) is 10.9 Å². The monoisotopic (exact) mass is 296 g/mol. The van der Waals surface area contributed by atoms with Crippen LogP contribution in [-0.4, -0.2) is 22.4 Å². The van der Waals surface area contributed by atoms with E-state index in [1.807, 2.05) is 24.3 Å². The van der Waals surface area contributed by atoms with Gasteiger partial charge >= 0.3 is 0 Å². The zero-order valence-electron chi connectivity index (χ0n) is 12.4. The second kappa shape index (κ2) is 6.22. The number of aromatic nitrogens is 1. The molecule has 2 rings (SSSR count). The Morgan fingerprint density at radius 3 is 2.77 bits per heavy atom. The molecule has 0 bridgehead atoms. The molecule has 0 aliphatic heterocycles. The molecular weight excluding hydrogens is 280 g/mol. The molecule has 0 spiro atoms. The van der Waals surface area contributed by atoms with Crippen LogP contribution in [0.4, 0.5) is 0 Å². The summed E-state index contributed by atoms with van der Waals surface area (Å²) in [5.74, 6) is -1.31. The highest BCUT2D eigenvalue weighted by atomic mass is 16.2. The number of benzene rings is 1. The van der Waals surface area contributed by atoms with E-state index in [1.165, 1.54) is 6.92 Å². The van der Waals surface area contributed by atoms with Crippen LogP contribution >= 0.6 is 0 Å². The van der Waals surface area contributed by atoms with Gasteiger partial charge in [0.15, 0.2) is 0 Å². The van der Waals surface area contributed by atoms with E-state index in [0.29, 0.717) is 5.69 Å². The van der Waals surface area contributed by atoms with Crippen molar-refractivity contribution in [1.82, 2.24) is 10.3 Å². The van der Waals surface area contributed by atoms with Crippen molar-refractivity contribution in [2.24, 2.45) is 0 Å². The third kappa shape index (κ3) is 3.38. The van der Waals surface area contributed by atoms with Gasteiger partial charge in [0, 0.05) is 16.6 Å². The quantitative estimate of drug-likeness (QED) is 0.581. The number of fused-ring (bicyclic) bond motifs is 1. The van der Waals surface area contributed by atoms with Gasteiger partial charge in [0.05, 0.1) is 12.5 Å². The van der Waals surface area contributed by atoms with Crippen LogP contribution < -0.4 is 5.32 Å². The van der Waals surface area contributed by atoms with Gasteiger partial charge < -0.3 is 15.7 Å². The van der Waals surface area contributed by atoms with Crippen molar-refractivity contribution in [3.05, 3.63) is 35.5 Å². The molecule has 1 heterocycles. The van der Waals surface area contributed by atoms with Crippen molar-refractivity contribution in [1.29, 1.82) is 10.7 Å². The first-order chi connectivity index (χ1) is 10.4. The number of nitriles is 1. The summed E-state index contributed by atoms with van der Waals surface area (Å²) < 4.78 is 0. The molecule has 6 nitrogen and oxygen atoms in total. The summed E-state index contributed by atoms with van der Waals surface area (Å²) >= 11 is 0. The number of ketones is 1. The highest BCUT2D eigenvalue weighted by Gasteiger charge is 2.17. The average molecular weight is 296 g/mol. The zero-order chi connectivity index (χ0) is 16.3. The van der Waals surface area contributed by atoms with Crippen molar-refractivity contribution in [2.45, 2.75) is 26.3 Å². The number of Topliss-reactive ketones (excluding diaryl/α,β-unsaturated/α-hetero) is 1. The van der Waals surface area contributed by atoms with Crippen LogP contribution in [0.2, 0.25) is 0 Å². The fourth-order valence-electron chi connectivity index (χ4n) is 2.16. The van der Waals surface area contributed by atoms with E-state index in [1.54, 1.807) is 13.0 Å². The smallest absolute Gasteiger partial charge is 0.288 e. The van der Waals surface area contributed by atoms with Gasteiger partial charge in [0.1, 0.15) is 11.8 Å². The largest absolute Gasteiger partial charge is 0.346 e. The Bertz CT molecular complexity index is 798. The Labute approximate surface area is 127 Å². The van der Waals surface area contributed by atoms with Crippen molar-refractivity contribution < 1.29 is 9.59 Å². The predicted octanol–water partition coefficient (Wildman–Crippen LogP) is 2.22. The van der Waals surface area contributed by atoms with Gasteiger partial charge in [-0.3, -0.25) is 9.59 Å². The van der Waals surface area contributed by atoms with Gasteiger partial charge in [-0.2, -0.15) is 5.26 Å². The number of nitrogens with zero attached hydrogens (tertiary/aromatic N) is 1. The average Bonchev–Trinajstić information content (AvgIpc) is 2.88. The molecule has 1 unspecified atom stereocenters. The molecule has 0 saturated heterocycles. The van der Waals surface area contributed by atoms with E-state index in [4.69, 9.17) is 10.7 Å². The van der Waals surface area contributed by atoms with E-state index in [0.717, 1.165) is 16.5 Å². The summed E-state index contributed by atoms with van der Waals surface area (Å²) in [6.07, 6.45) is -0.166. The van der Waals surface area contributed by atoms with E-state index >= 15 is 0 Å². The van der Waals surface area contributed by atoms with E-state index in [9.17, 15) is 9.59 Å². The SMILES string of the molecule is CC(=N)CC(=O)C(=O)NC(C)c1ccc2[nH]c(C#N)cc2c1. The summed E-state index contributed by atoms with van der Waals surface area (Å²) in [7, 11) is 0. The van der Waals surface area contributed by atoms with E-state index < -0.39 is 11.7 Å². The molecule has 0 saturated carbocycles. The summed E-state index contributed by atoms with van der Waals surface area (Å²) in [6, 6.07) is 8.96. The molecule has 1 atom stereocenters. The molecule has 6 heteroatoms. The van der Waals surface area contributed by atoms with Crippen LogP contribution in [0, 0.1) is 16.7 Å².